The first kappa shape index (κ1) is 16.0. The predicted molar refractivity (Wildman–Crippen MR) is 93.0 cm³/mol. The van der Waals surface area contributed by atoms with Gasteiger partial charge in [0, 0.05) is 12.5 Å². The van der Waals surface area contributed by atoms with Crippen LogP contribution < -0.4 is 0 Å². The molecule has 1 aliphatic carbocycles. The van der Waals surface area contributed by atoms with Crippen molar-refractivity contribution >= 4 is 17.2 Å². The summed E-state index contributed by atoms with van der Waals surface area (Å²) in [6, 6.07) is 11.9. The molecule has 1 aromatic heterocycles. The molecule has 0 bridgehead atoms. The first-order valence-electron chi connectivity index (χ1n) is 7.92. The lowest BCUT2D eigenvalue weighted by Crippen LogP contribution is -2.37. The van der Waals surface area contributed by atoms with Gasteiger partial charge in [0.25, 0.3) is 0 Å². The number of amides is 1. The van der Waals surface area contributed by atoms with Crippen LogP contribution >= 0.6 is 11.3 Å². The van der Waals surface area contributed by atoms with Crippen LogP contribution in [-0.4, -0.2) is 22.5 Å². The van der Waals surface area contributed by atoms with Gasteiger partial charge in [-0.05, 0) is 40.8 Å². The van der Waals surface area contributed by atoms with E-state index in [2.05, 4.69) is 12.2 Å². The Labute approximate surface area is 140 Å². The zero-order valence-corrected chi connectivity index (χ0v) is 13.8. The number of aliphatic hydroxyl groups excluding tert-OH is 1. The fourth-order valence-electron chi connectivity index (χ4n) is 2.89. The first-order valence-corrected chi connectivity index (χ1v) is 8.86. The molecule has 3 nitrogen and oxygen atoms in total. The third-order valence-corrected chi connectivity index (χ3v) is 4.91. The Balaban J connectivity index is 1.73. The maximum atomic E-state index is 12.8. The highest BCUT2D eigenvalue weighted by molar-refractivity contribution is 7.07. The third kappa shape index (κ3) is 4.09. The van der Waals surface area contributed by atoms with Crippen LogP contribution in [0.2, 0.25) is 0 Å². The number of thiophene rings is 1. The largest absolute Gasteiger partial charge is 0.387 e. The van der Waals surface area contributed by atoms with Gasteiger partial charge in [0.2, 0.25) is 5.91 Å². The number of carbonyl (C=O) groups is 1. The third-order valence-electron chi connectivity index (χ3n) is 4.21. The second-order valence-electron chi connectivity index (χ2n) is 5.92. The summed E-state index contributed by atoms with van der Waals surface area (Å²) in [6.45, 7) is 0.873. The molecular weight excluding hydrogens is 306 g/mol. The van der Waals surface area contributed by atoms with E-state index in [1.165, 1.54) is 0 Å². The summed E-state index contributed by atoms with van der Waals surface area (Å²) < 4.78 is 0. The molecule has 1 heterocycles. The second-order valence-corrected chi connectivity index (χ2v) is 6.70. The van der Waals surface area contributed by atoms with Gasteiger partial charge in [-0.3, -0.25) is 4.79 Å². The van der Waals surface area contributed by atoms with E-state index < -0.39 is 6.10 Å². The highest BCUT2D eigenvalue weighted by Gasteiger charge is 2.26. The molecule has 3 rings (SSSR count). The molecule has 1 aromatic carbocycles. The Bertz CT molecular complexity index is 643. The van der Waals surface area contributed by atoms with Crippen molar-refractivity contribution in [2.45, 2.75) is 25.5 Å². The van der Waals surface area contributed by atoms with Crippen molar-refractivity contribution in [3.8, 4) is 0 Å². The maximum Gasteiger partial charge on any atom is 0.226 e. The number of hydrogen-bond acceptors (Lipinski definition) is 3. The Hall–Kier alpha value is -1.91. The van der Waals surface area contributed by atoms with Crippen molar-refractivity contribution in [2.24, 2.45) is 5.92 Å². The molecule has 1 amide bonds. The summed E-state index contributed by atoms with van der Waals surface area (Å²) in [5, 5.41) is 14.3. The van der Waals surface area contributed by atoms with Gasteiger partial charge in [0.15, 0.2) is 0 Å². The average Bonchev–Trinajstić information content (AvgIpc) is 3.27. The topological polar surface area (TPSA) is 40.5 Å². The van der Waals surface area contributed by atoms with Gasteiger partial charge in [-0.25, -0.2) is 0 Å². The fourth-order valence-corrected chi connectivity index (χ4v) is 3.60. The van der Waals surface area contributed by atoms with Gasteiger partial charge in [0.05, 0.1) is 12.6 Å². The fraction of sp³-hybridized carbons (Fsp3) is 0.316. The van der Waals surface area contributed by atoms with Crippen LogP contribution in [0, 0.1) is 5.92 Å². The van der Waals surface area contributed by atoms with E-state index in [4.69, 9.17) is 0 Å². The molecule has 0 saturated heterocycles. The SMILES string of the molecule is O=C(C1CC=CC1)N(Cc1ccccc1)CC(O)c1ccsc1. The predicted octanol–water partition coefficient (Wildman–Crippen LogP) is 3.78. The highest BCUT2D eigenvalue weighted by atomic mass is 32.1. The zero-order valence-electron chi connectivity index (χ0n) is 13.0. The molecule has 1 aliphatic rings. The number of carbonyl (C=O) groups excluding carboxylic acids is 1. The Morgan fingerprint density at radius 2 is 1.96 bits per heavy atom. The van der Waals surface area contributed by atoms with Crippen molar-refractivity contribution in [1.82, 2.24) is 4.90 Å². The summed E-state index contributed by atoms with van der Waals surface area (Å²) >= 11 is 1.56. The summed E-state index contributed by atoms with van der Waals surface area (Å²) in [5.74, 6) is 0.154. The molecule has 0 fully saturated rings. The molecule has 0 spiro atoms. The van der Waals surface area contributed by atoms with Crippen LogP contribution in [-0.2, 0) is 11.3 Å². The molecule has 0 saturated carbocycles. The summed E-state index contributed by atoms with van der Waals surface area (Å²) in [5.41, 5.74) is 1.97. The normalized spacial score (nSPS) is 15.7. The number of benzene rings is 1. The van der Waals surface area contributed by atoms with Gasteiger partial charge in [-0.2, -0.15) is 11.3 Å². The van der Waals surface area contributed by atoms with E-state index in [0.29, 0.717) is 13.1 Å². The standard InChI is InChI=1S/C19H21NO2S/c21-18(17-10-11-23-14-17)13-20(12-15-6-2-1-3-7-15)19(22)16-8-4-5-9-16/h1-7,10-11,14,16,18,21H,8-9,12-13H2. The number of rotatable bonds is 6. The zero-order chi connectivity index (χ0) is 16.1. The van der Waals surface area contributed by atoms with Crippen LogP contribution in [0.4, 0.5) is 0 Å². The van der Waals surface area contributed by atoms with E-state index in [-0.39, 0.29) is 11.8 Å². The molecule has 0 aliphatic heterocycles. The highest BCUT2D eigenvalue weighted by Crippen LogP contribution is 2.24. The molecule has 0 radical (unpaired) electrons. The van der Waals surface area contributed by atoms with Gasteiger partial charge in [0.1, 0.15) is 0 Å². The quantitative estimate of drug-likeness (QED) is 0.820. The van der Waals surface area contributed by atoms with E-state index in [9.17, 15) is 9.90 Å². The number of hydrogen-bond donors (Lipinski definition) is 1. The minimum absolute atomic E-state index is 0.0217. The first-order chi connectivity index (χ1) is 11.2. The summed E-state index contributed by atoms with van der Waals surface area (Å²) in [6.07, 6.45) is 5.11. The van der Waals surface area contributed by atoms with Crippen LogP contribution in [0.15, 0.2) is 59.3 Å². The minimum Gasteiger partial charge on any atom is -0.387 e. The minimum atomic E-state index is -0.636. The molecule has 120 valence electrons. The monoisotopic (exact) mass is 327 g/mol. The van der Waals surface area contributed by atoms with Crippen LogP contribution in [0.1, 0.15) is 30.1 Å². The smallest absolute Gasteiger partial charge is 0.226 e. The van der Waals surface area contributed by atoms with Gasteiger partial charge >= 0.3 is 0 Å². The summed E-state index contributed by atoms with van der Waals surface area (Å²) in [7, 11) is 0. The molecule has 1 N–H and O–H groups in total. The van der Waals surface area contributed by atoms with Gasteiger partial charge in [-0.1, -0.05) is 42.5 Å². The molecule has 23 heavy (non-hydrogen) atoms. The van der Waals surface area contributed by atoms with Crippen molar-refractivity contribution in [3.63, 3.8) is 0 Å². The Morgan fingerprint density at radius 1 is 1.22 bits per heavy atom. The molecule has 4 heteroatoms. The maximum absolute atomic E-state index is 12.8. The van der Waals surface area contributed by atoms with E-state index >= 15 is 0 Å². The molecule has 1 atom stereocenters. The average molecular weight is 327 g/mol. The number of allylic oxidation sites excluding steroid dienone is 2. The molecule has 2 aromatic rings. The Morgan fingerprint density at radius 3 is 2.61 bits per heavy atom. The van der Waals surface area contributed by atoms with Gasteiger partial charge < -0.3 is 10.0 Å². The second kappa shape index (κ2) is 7.57. The molecular formula is C19H21NO2S. The van der Waals surface area contributed by atoms with Crippen molar-refractivity contribution < 1.29 is 9.90 Å². The lowest BCUT2D eigenvalue weighted by atomic mass is 10.0. The Kier molecular flexibility index (Phi) is 5.26. The van der Waals surface area contributed by atoms with E-state index in [1.807, 2.05) is 47.2 Å². The van der Waals surface area contributed by atoms with Crippen molar-refractivity contribution in [1.29, 1.82) is 0 Å². The lowest BCUT2D eigenvalue weighted by molar-refractivity contribution is -0.137. The lowest BCUT2D eigenvalue weighted by Gasteiger charge is -2.28. The van der Waals surface area contributed by atoms with Crippen molar-refractivity contribution in [2.75, 3.05) is 6.54 Å². The molecule has 1 unspecified atom stereocenters. The van der Waals surface area contributed by atoms with Gasteiger partial charge in [-0.15, -0.1) is 0 Å². The van der Waals surface area contributed by atoms with Crippen LogP contribution in [0.25, 0.3) is 0 Å². The van der Waals surface area contributed by atoms with Crippen LogP contribution in [0.3, 0.4) is 0 Å². The summed E-state index contributed by atoms with van der Waals surface area (Å²) in [4.78, 5) is 14.6. The van der Waals surface area contributed by atoms with Crippen LogP contribution in [0.5, 0.6) is 0 Å². The van der Waals surface area contributed by atoms with E-state index in [0.717, 1.165) is 24.0 Å². The number of nitrogens with zero attached hydrogens (tertiary/aromatic N) is 1. The van der Waals surface area contributed by atoms with Crippen molar-refractivity contribution in [3.05, 3.63) is 70.4 Å². The van der Waals surface area contributed by atoms with E-state index in [1.54, 1.807) is 16.2 Å². The number of aliphatic hydroxyl groups is 1.